The van der Waals surface area contributed by atoms with Crippen LogP contribution in [-0.4, -0.2) is 51.2 Å². The number of likely N-dealkylation sites (N-methyl/N-ethyl adjacent to an activating group) is 1. The van der Waals surface area contributed by atoms with Gasteiger partial charge in [0.05, 0.1) is 29.2 Å². The summed E-state index contributed by atoms with van der Waals surface area (Å²) in [6, 6.07) is 7.41. The van der Waals surface area contributed by atoms with Crippen molar-refractivity contribution in [2.45, 2.75) is 24.3 Å². The summed E-state index contributed by atoms with van der Waals surface area (Å²) in [4.78, 5) is 14.8. The van der Waals surface area contributed by atoms with E-state index in [1.165, 1.54) is 0 Å². The summed E-state index contributed by atoms with van der Waals surface area (Å²) in [6.07, 6.45) is 4.38. The maximum absolute atomic E-state index is 12.2. The molecule has 1 N–H and O–H groups in total. The molecule has 8 heteroatoms. The zero-order chi connectivity index (χ0) is 18.2. The molecular formula is C17H23BrN4O2S. The number of benzene rings is 1. The maximum Gasteiger partial charge on any atom is 0.224 e. The van der Waals surface area contributed by atoms with Crippen LogP contribution in [0.2, 0.25) is 0 Å². The molecule has 0 bridgehead atoms. The van der Waals surface area contributed by atoms with Crippen molar-refractivity contribution in [1.29, 1.82) is 0 Å². The smallest absolute Gasteiger partial charge is 0.224 e. The Labute approximate surface area is 159 Å². The van der Waals surface area contributed by atoms with Gasteiger partial charge in [0.1, 0.15) is 0 Å². The zero-order valence-corrected chi connectivity index (χ0v) is 16.8. The number of amides is 1. The van der Waals surface area contributed by atoms with Gasteiger partial charge in [-0.25, -0.2) is 0 Å². The van der Waals surface area contributed by atoms with E-state index in [9.17, 15) is 9.00 Å². The van der Waals surface area contributed by atoms with E-state index in [2.05, 4.69) is 31.2 Å². The Kier molecular flexibility index (Phi) is 7.80. The van der Waals surface area contributed by atoms with Crippen molar-refractivity contribution in [3.63, 3.8) is 0 Å². The molecule has 1 aromatic heterocycles. The number of rotatable bonds is 9. The molecule has 136 valence electrons. The summed E-state index contributed by atoms with van der Waals surface area (Å²) in [5.41, 5.74) is 0.692. The van der Waals surface area contributed by atoms with Gasteiger partial charge in [-0.3, -0.25) is 13.7 Å². The van der Waals surface area contributed by atoms with Gasteiger partial charge in [0, 0.05) is 34.3 Å². The number of aromatic nitrogens is 2. The van der Waals surface area contributed by atoms with E-state index in [1.807, 2.05) is 44.6 Å². The van der Waals surface area contributed by atoms with Crippen LogP contribution in [0.1, 0.15) is 12.8 Å². The second-order valence-corrected chi connectivity index (χ2v) is 8.44. The van der Waals surface area contributed by atoms with Crippen molar-refractivity contribution < 1.29 is 9.00 Å². The Morgan fingerprint density at radius 3 is 2.72 bits per heavy atom. The van der Waals surface area contributed by atoms with E-state index in [4.69, 9.17) is 0 Å². The molecular weight excluding hydrogens is 404 g/mol. The first-order valence-electron chi connectivity index (χ1n) is 8.05. The molecule has 0 spiro atoms. The van der Waals surface area contributed by atoms with Crippen molar-refractivity contribution in [3.8, 4) is 0 Å². The summed E-state index contributed by atoms with van der Waals surface area (Å²) < 4.78 is 14.9. The minimum atomic E-state index is -1.08. The molecule has 0 radical (unpaired) electrons. The molecule has 0 unspecified atom stereocenters. The van der Waals surface area contributed by atoms with Gasteiger partial charge in [0.25, 0.3) is 0 Å². The van der Waals surface area contributed by atoms with Crippen LogP contribution in [0, 0.1) is 0 Å². The van der Waals surface area contributed by atoms with Gasteiger partial charge in [-0.15, -0.1) is 0 Å². The van der Waals surface area contributed by atoms with Crippen molar-refractivity contribution in [2.75, 3.05) is 31.7 Å². The fourth-order valence-corrected chi connectivity index (χ4v) is 3.49. The third-order valence-corrected chi connectivity index (χ3v) is 5.49. The molecule has 1 heterocycles. The Morgan fingerprint density at radius 2 is 2.04 bits per heavy atom. The Hall–Kier alpha value is -1.51. The van der Waals surface area contributed by atoms with Crippen LogP contribution in [0.5, 0.6) is 0 Å². The Bertz CT molecular complexity index is 716. The number of carbonyl (C=O) groups is 1. The number of carbonyl (C=O) groups excluding carboxylic acids is 1. The summed E-state index contributed by atoms with van der Waals surface area (Å²) in [6.45, 7) is 1.66. The fraction of sp³-hybridized carbons (Fsp3) is 0.412. The van der Waals surface area contributed by atoms with Crippen LogP contribution in [0.25, 0.3) is 0 Å². The number of hydrogen-bond acceptors (Lipinski definition) is 4. The number of anilines is 1. The molecule has 1 amide bonds. The summed E-state index contributed by atoms with van der Waals surface area (Å²) in [5.74, 6) is 0.386. The predicted molar refractivity (Wildman–Crippen MR) is 104 cm³/mol. The molecule has 1 atom stereocenters. The number of halogens is 1. The average molecular weight is 427 g/mol. The van der Waals surface area contributed by atoms with Crippen molar-refractivity contribution in [3.05, 3.63) is 41.1 Å². The average Bonchev–Trinajstić information content (AvgIpc) is 3.01. The molecule has 1 aromatic carbocycles. The zero-order valence-electron chi connectivity index (χ0n) is 14.4. The van der Waals surface area contributed by atoms with Crippen LogP contribution in [0.3, 0.4) is 0 Å². The predicted octanol–water partition coefficient (Wildman–Crippen LogP) is 2.73. The molecule has 0 saturated carbocycles. The summed E-state index contributed by atoms with van der Waals surface area (Å²) >= 11 is 3.36. The fourth-order valence-electron chi connectivity index (χ4n) is 2.14. The minimum Gasteiger partial charge on any atom is -0.323 e. The van der Waals surface area contributed by atoms with Crippen molar-refractivity contribution in [2.24, 2.45) is 0 Å². The quantitative estimate of drug-likeness (QED) is 0.669. The van der Waals surface area contributed by atoms with Crippen LogP contribution in [0.15, 0.2) is 46.0 Å². The van der Waals surface area contributed by atoms with Gasteiger partial charge >= 0.3 is 0 Å². The van der Waals surface area contributed by atoms with Gasteiger partial charge in [-0.1, -0.05) is 15.9 Å². The topological polar surface area (TPSA) is 67.2 Å². The maximum atomic E-state index is 12.2. The normalized spacial score (nSPS) is 12.3. The van der Waals surface area contributed by atoms with E-state index in [-0.39, 0.29) is 5.91 Å². The summed E-state index contributed by atoms with van der Waals surface area (Å²) in [7, 11) is 2.93. The van der Waals surface area contributed by atoms with Crippen LogP contribution >= 0.6 is 15.9 Å². The highest BCUT2D eigenvalue weighted by Crippen LogP contribution is 2.14. The van der Waals surface area contributed by atoms with Gasteiger partial charge in [-0.2, -0.15) is 5.10 Å². The molecule has 0 aliphatic carbocycles. The van der Waals surface area contributed by atoms with Gasteiger partial charge in [0.2, 0.25) is 5.91 Å². The lowest BCUT2D eigenvalue weighted by molar-refractivity contribution is -0.116. The third-order valence-electron chi connectivity index (χ3n) is 3.50. The first-order chi connectivity index (χ1) is 11.9. The largest absolute Gasteiger partial charge is 0.323 e. The lowest BCUT2D eigenvalue weighted by Gasteiger charge is -2.08. The summed E-state index contributed by atoms with van der Waals surface area (Å²) in [5, 5.41) is 7.05. The van der Waals surface area contributed by atoms with Crippen molar-refractivity contribution >= 4 is 38.3 Å². The minimum absolute atomic E-state index is 0.0834. The molecule has 25 heavy (non-hydrogen) atoms. The van der Waals surface area contributed by atoms with Gasteiger partial charge < -0.3 is 10.2 Å². The van der Waals surface area contributed by atoms with E-state index in [0.717, 1.165) is 22.5 Å². The van der Waals surface area contributed by atoms with E-state index < -0.39 is 10.8 Å². The first kappa shape index (κ1) is 19.8. The first-order valence-corrected chi connectivity index (χ1v) is 10.2. The highest BCUT2D eigenvalue weighted by atomic mass is 79.9. The monoisotopic (exact) mass is 426 g/mol. The third kappa shape index (κ3) is 7.09. The number of hydrogen-bond donors (Lipinski definition) is 1. The highest BCUT2D eigenvalue weighted by Gasteiger charge is 2.08. The standard InChI is InChI=1S/C17H23BrN4O2S/c1-21(2)9-10-22-13-15(12-19-22)20-17(23)4-3-11-25(24)16-7-5-14(18)6-8-16/h5-8,12-13H,3-4,9-11H2,1-2H3,(H,20,23)/t25-/m0/s1. The van der Waals surface area contributed by atoms with Crippen LogP contribution < -0.4 is 5.32 Å². The Balaban J connectivity index is 1.71. The van der Waals surface area contributed by atoms with E-state index >= 15 is 0 Å². The lowest BCUT2D eigenvalue weighted by atomic mass is 10.3. The second kappa shape index (κ2) is 9.84. The molecule has 0 fully saturated rings. The molecule has 0 saturated heterocycles. The molecule has 6 nitrogen and oxygen atoms in total. The molecule has 2 aromatic rings. The highest BCUT2D eigenvalue weighted by molar-refractivity contribution is 9.10. The number of nitrogens with one attached hydrogen (secondary N) is 1. The van der Waals surface area contributed by atoms with Crippen LogP contribution in [0.4, 0.5) is 5.69 Å². The molecule has 0 aliphatic rings. The SMILES string of the molecule is CN(C)CCn1cc(NC(=O)CCC[S@](=O)c2ccc(Br)cc2)cn1. The second-order valence-electron chi connectivity index (χ2n) is 5.95. The van der Waals surface area contributed by atoms with Crippen molar-refractivity contribution in [1.82, 2.24) is 14.7 Å². The van der Waals surface area contributed by atoms with Gasteiger partial charge in [0.15, 0.2) is 0 Å². The molecule has 2 rings (SSSR count). The number of nitrogens with zero attached hydrogens (tertiary/aromatic N) is 3. The van der Waals surface area contributed by atoms with E-state index in [0.29, 0.717) is 24.3 Å². The molecule has 0 aliphatic heterocycles. The van der Waals surface area contributed by atoms with Crippen LogP contribution in [-0.2, 0) is 22.1 Å². The van der Waals surface area contributed by atoms with E-state index in [1.54, 1.807) is 10.9 Å². The lowest BCUT2D eigenvalue weighted by Crippen LogP contribution is -2.18. The van der Waals surface area contributed by atoms with Gasteiger partial charge in [-0.05, 0) is 44.8 Å². The Morgan fingerprint density at radius 1 is 1.32 bits per heavy atom.